The van der Waals surface area contributed by atoms with Crippen molar-refractivity contribution in [1.82, 2.24) is 5.43 Å². The van der Waals surface area contributed by atoms with Crippen LogP contribution in [0.15, 0.2) is 27.7 Å². The Bertz CT molecular complexity index is 737. The Hall–Kier alpha value is -2.03. The van der Waals surface area contributed by atoms with E-state index in [1.807, 2.05) is 22.6 Å². The number of carbonyl (C=O) groups excluding carboxylic acids is 1. The first-order valence-electron chi connectivity index (χ1n) is 6.39. The molecule has 1 aromatic heterocycles. The van der Waals surface area contributed by atoms with Crippen LogP contribution < -0.4 is 10.2 Å². The molecule has 0 unspecified atom stereocenters. The predicted molar refractivity (Wildman–Crippen MR) is 90.6 cm³/mol. The lowest BCUT2D eigenvalue weighted by molar-refractivity contribution is 0.0953. The van der Waals surface area contributed by atoms with Gasteiger partial charge in [-0.2, -0.15) is 5.10 Å². The van der Waals surface area contributed by atoms with Gasteiger partial charge < -0.3 is 14.3 Å². The Morgan fingerprint density at radius 3 is 2.73 bits per heavy atom. The Kier molecular flexibility index (Phi) is 5.07. The van der Waals surface area contributed by atoms with Crippen molar-refractivity contribution in [3.8, 4) is 11.5 Å². The highest BCUT2D eigenvalue weighted by Crippen LogP contribution is 2.31. The Morgan fingerprint density at radius 1 is 1.41 bits per heavy atom. The number of nitrogens with one attached hydrogen (secondary N) is 1. The molecular formula is C15H15IN2O4. The van der Waals surface area contributed by atoms with Crippen molar-refractivity contribution in [2.75, 3.05) is 7.11 Å². The van der Waals surface area contributed by atoms with Crippen LogP contribution in [-0.2, 0) is 0 Å². The summed E-state index contributed by atoms with van der Waals surface area (Å²) in [4.78, 5) is 12.0. The molecule has 0 saturated heterocycles. The summed E-state index contributed by atoms with van der Waals surface area (Å²) in [5, 5.41) is 13.7. The molecule has 7 heteroatoms. The van der Waals surface area contributed by atoms with Crippen LogP contribution in [0.1, 0.15) is 27.4 Å². The first-order chi connectivity index (χ1) is 10.4. The highest BCUT2D eigenvalue weighted by molar-refractivity contribution is 14.1. The molecule has 2 N–H and O–H groups in total. The van der Waals surface area contributed by atoms with E-state index in [2.05, 4.69) is 10.5 Å². The number of ether oxygens (including phenoxy) is 1. The van der Waals surface area contributed by atoms with E-state index in [1.165, 1.54) is 13.3 Å². The first kappa shape index (κ1) is 16.3. The molecule has 0 atom stereocenters. The third kappa shape index (κ3) is 3.59. The van der Waals surface area contributed by atoms with Crippen molar-refractivity contribution >= 4 is 34.7 Å². The second-order valence-corrected chi connectivity index (χ2v) is 5.74. The maximum Gasteiger partial charge on any atom is 0.274 e. The largest absolute Gasteiger partial charge is 0.504 e. The van der Waals surface area contributed by atoms with E-state index < -0.39 is 0 Å². The zero-order chi connectivity index (χ0) is 16.3. The van der Waals surface area contributed by atoms with Gasteiger partial charge in [0.25, 0.3) is 5.91 Å². The van der Waals surface area contributed by atoms with Gasteiger partial charge in [0.2, 0.25) is 0 Å². The number of phenolic OH excluding ortho intramolecular Hbond substituents is 1. The number of carbonyl (C=O) groups is 1. The highest BCUT2D eigenvalue weighted by Gasteiger charge is 2.12. The summed E-state index contributed by atoms with van der Waals surface area (Å²) in [6.07, 6.45) is 1.48. The van der Waals surface area contributed by atoms with Crippen LogP contribution in [0.3, 0.4) is 0 Å². The molecule has 0 bridgehead atoms. The van der Waals surface area contributed by atoms with Gasteiger partial charge in [-0.1, -0.05) is 0 Å². The fourth-order valence-corrected chi connectivity index (χ4v) is 2.53. The van der Waals surface area contributed by atoms with E-state index in [0.717, 1.165) is 0 Å². The summed E-state index contributed by atoms with van der Waals surface area (Å²) >= 11 is 1.99. The van der Waals surface area contributed by atoms with Crippen molar-refractivity contribution in [3.05, 3.63) is 44.4 Å². The lowest BCUT2D eigenvalue weighted by Gasteiger charge is -2.06. The second-order valence-electron chi connectivity index (χ2n) is 4.58. The molecule has 6 nitrogen and oxygen atoms in total. The number of benzene rings is 1. The van der Waals surface area contributed by atoms with E-state index in [9.17, 15) is 9.90 Å². The molecular weight excluding hydrogens is 399 g/mol. The van der Waals surface area contributed by atoms with Crippen LogP contribution in [0.4, 0.5) is 0 Å². The molecule has 0 aliphatic carbocycles. The number of halogens is 1. The lowest BCUT2D eigenvalue weighted by atomic mass is 10.2. The van der Waals surface area contributed by atoms with Crippen molar-refractivity contribution in [2.24, 2.45) is 5.10 Å². The number of hydrogen-bond acceptors (Lipinski definition) is 5. The van der Waals surface area contributed by atoms with Crippen LogP contribution in [0.5, 0.6) is 11.5 Å². The van der Waals surface area contributed by atoms with Crippen molar-refractivity contribution in [3.63, 3.8) is 0 Å². The van der Waals surface area contributed by atoms with Gasteiger partial charge in [-0.15, -0.1) is 0 Å². The molecule has 1 heterocycles. The van der Waals surface area contributed by atoms with E-state index in [-0.39, 0.29) is 11.7 Å². The Balaban J connectivity index is 2.11. The molecule has 0 aliphatic rings. The standard InChI is InChI=1S/C15H15IN2O4/c1-8-4-11(9(2)22-8)15(20)18-17-7-10-5-12(16)14(19)13(6-10)21-3/h4-7,19H,1-3H3,(H,18,20)/b17-7+. The molecule has 116 valence electrons. The van der Waals surface area contributed by atoms with Crippen LogP contribution in [0, 0.1) is 17.4 Å². The fraction of sp³-hybridized carbons (Fsp3) is 0.200. The van der Waals surface area contributed by atoms with Gasteiger partial charge in [0.05, 0.1) is 22.5 Å². The number of rotatable bonds is 4. The minimum atomic E-state index is -0.342. The monoisotopic (exact) mass is 414 g/mol. The van der Waals surface area contributed by atoms with Gasteiger partial charge in [-0.25, -0.2) is 5.43 Å². The summed E-state index contributed by atoms with van der Waals surface area (Å²) in [5.74, 6) is 1.30. The summed E-state index contributed by atoms with van der Waals surface area (Å²) in [5.41, 5.74) is 3.58. The zero-order valence-electron chi connectivity index (χ0n) is 12.3. The number of phenols is 1. The summed E-state index contributed by atoms with van der Waals surface area (Å²) < 4.78 is 11.0. The highest BCUT2D eigenvalue weighted by atomic mass is 127. The summed E-state index contributed by atoms with van der Waals surface area (Å²) in [6, 6.07) is 5.01. The second kappa shape index (κ2) is 6.82. The third-order valence-corrected chi connectivity index (χ3v) is 3.76. The molecule has 0 saturated carbocycles. The van der Waals surface area contributed by atoms with E-state index in [0.29, 0.717) is 32.0 Å². The Morgan fingerprint density at radius 2 is 2.14 bits per heavy atom. The Labute approximate surface area is 141 Å². The molecule has 1 amide bonds. The number of furan rings is 1. The lowest BCUT2D eigenvalue weighted by Crippen LogP contribution is -2.17. The number of hydrazone groups is 1. The summed E-state index contributed by atoms with van der Waals surface area (Å²) in [6.45, 7) is 3.50. The molecule has 2 aromatic rings. The number of nitrogens with zero attached hydrogens (tertiary/aromatic N) is 1. The van der Waals surface area contributed by atoms with Gasteiger partial charge in [0, 0.05) is 0 Å². The number of amides is 1. The van der Waals surface area contributed by atoms with Crippen molar-refractivity contribution < 1.29 is 19.1 Å². The van der Waals surface area contributed by atoms with E-state index in [1.54, 1.807) is 32.0 Å². The maximum absolute atomic E-state index is 12.0. The van der Waals surface area contributed by atoms with Gasteiger partial charge in [0.15, 0.2) is 11.5 Å². The molecule has 0 radical (unpaired) electrons. The van der Waals surface area contributed by atoms with Crippen molar-refractivity contribution in [2.45, 2.75) is 13.8 Å². The molecule has 22 heavy (non-hydrogen) atoms. The molecule has 0 aliphatic heterocycles. The molecule has 2 rings (SSSR count). The fourth-order valence-electron chi connectivity index (χ4n) is 1.91. The zero-order valence-corrected chi connectivity index (χ0v) is 14.5. The number of hydrogen-bond donors (Lipinski definition) is 2. The number of methoxy groups -OCH3 is 1. The van der Waals surface area contributed by atoms with Crippen molar-refractivity contribution in [1.29, 1.82) is 0 Å². The van der Waals surface area contributed by atoms with Gasteiger partial charge in [0.1, 0.15) is 11.5 Å². The molecule has 1 aromatic carbocycles. The van der Waals surface area contributed by atoms with Crippen LogP contribution in [0.25, 0.3) is 0 Å². The van der Waals surface area contributed by atoms with Crippen LogP contribution in [0.2, 0.25) is 0 Å². The van der Waals surface area contributed by atoms with E-state index in [4.69, 9.17) is 9.15 Å². The quantitative estimate of drug-likeness (QED) is 0.458. The summed E-state index contributed by atoms with van der Waals surface area (Å²) in [7, 11) is 1.47. The smallest absolute Gasteiger partial charge is 0.274 e. The van der Waals surface area contributed by atoms with Crippen LogP contribution >= 0.6 is 22.6 Å². The van der Waals surface area contributed by atoms with Gasteiger partial charge in [-0.05, 0) is 60.2 Å². The number of aromatic hydroxyl groups is 1. The minimum absolute atomic E-state index is 0.0776. The average molecular weight is 414 g/mol. The predicted octanol–water partition coefficient (Wildman–Crippen LogP) is 2.98. The number of aryl methyl sites for hydroxylation is 2. The maximum atomic E-state index is 12.0. The van der Waals surface area contributed by atoms with Gasteiger partial charge >= 0.3 is 0 Å². The first-order valence-corrected chi connectivity index (χ1v) is 7.47. The SMILES string of the molecule is COc1cc(/C=N/NC(=O)c2cc(C)oc2C)cc(I)c1O. The third-order valence-electron chi connectivity index (χ3n) is 2.94. The van der Waals surface area contributed by atoms with E-state index >= 15 is 0 Å². The van der Waals surface area contributed by atoms with Crippen LogP contribution in [-0.4, -0.2) is 24.3 Å². The normalized spacial score (nSPS) is 10.9. The average Bonchev–Trinajstić information content (AvgIpc) is 2.81. The topological polar surface area (TPSA) is 84.1 Å². The van der Waals surface area contributed by atoms with Gasteiger partial charge in [-0.3, -0.25) is 4.79 Å². The molecule has 0 fully saturated rings. The molecule has 0 spiro atoms. The minimum Gasteiger partial charge on any atom is -0.504 e.